The number of hydrogen-bond acceptors (Lipinski definition) is 5. The first-order valence-corrected chi connectivity index (χ1v) is 11.7. The minimum Gasteiger partial charge on any atom is -0.310 e. The molecule has 5 rings (SSSR count). The number of fused-ring (bicyclic) bond motifs is 1. The van der Waals surface area contributed by atoms with Crippen LogP contribution in [-0.2, 0) is 19.4 Å². The van der Waals surface area contributed by atoms with Gasteiger partial charge in [-0.3, -0.25) is 15.1 Å². The summed E-state index contributed by atoms with van der Waals surface area (Å²) in [7, 11) is 0. The highest BCUT2D eigenvalue weighted by molar-refractivity contribution is 7.09. The number of nitrogens with zero attached hydrogens (tertiary/aromatic N) is 4. The first-order chi connectivity index (χ1) is 16.2. The van der Waals surface area contributed by atoms with Gasteiger partial charge >= 0.3 is 0 Å². The second-order valence-corrected chi connectivity index (χ2v) is 8.83. The summed E-state index contributed by atoms with van der Waals surface area (Å²) in [6.07, 6.45) is 3.24. The van der Waals surface area contributed by atoms with Crippen molar-refractivity contribution in [2.24, 2.45) is 0 Å². The number of aromatic nitrogens is 4. The lowest BCUT2D eigenvalue weighted by Crippen LogP contribution is -2.17. The van der Waals surface area contributed by atoms with E-state index in [0.717, 1.165) is 28.2 Å². The zero-order chi connectivity index (χ0) is 22.6. The van der Waals surface area contributed by atoms with E-state index in [9.17, 15) is 4.79 Å². The van der Waals surface area contributed by atoms with Crippen LogP contribution in [0.1, 0.15) is 32.3 Å². The van der Waals surface area contributed by atoms with Crippen molar-refractivity contribution in [2.75, 3.05) is 5.32 Å². The van der Waals surface area contributed by atoms with E-state index in [0.29, 0.717) is 24.6 Å². The van der Waals surface area contributed by atoms with E-state index >= 15 is 0 Å². The van der Waals surface area contributed by atoms with Crippen LogP contribution in [0.15, 0.2) is 78.3 Å². The maximum Gasteiger partial charge on any atom is 0.277 e. The van der Waals surface area contributed by atoms with Gasteiger partial charge in [0, 0.05) is 36.7 Å². The van der Waals surface area contributed by atoms with Crippen molar-refractivity contribution in [2.45, 2.75) is 26.3 Å². The van der Waals surface area contributed by atoms with Gasteiger partial charge in [0.2, 0.25) is 5.95 Å². The molecule has 3 heterocycles. The Morgan fingerprint density at radius 2 is 1.82 bits per heavy atom. The van der Waals surface area contributed by atoms with Crippen LogP contribution in [0.3, 0.4) is 0 Å². The predicted octanol–water partition coefficient (Wildman–Crippen LogP) is 5.28. The Hall–Kier alpha value is -3.84. The summed E-state index contributed by atoms with van der Waals surface area (Å²) in [4.78, 5) is 26.6. The van der Waals surface area contributed by atoms with Gasteiger partial charge in [0.25, 0.3) is 5.91 Å². The molecule has 0 spiro atoms. The predicted molar refractivity (Wildman–Crippen MR) is 132 cm³/mol. The normalized spacial score (nSPS) is 11.1. The number of amides is 1. The SMILES string of the molecule is Cc1ccc(Cc2nc(C(=O)Nc3nc4ccccc4n3CCc3ccccn3)cs2)cc1. The first-order valence-electron chi connectivity index (χ1n) is 10.8. The van der Waals surface area contributed by atoms with Crippen LogP contribution in [0.2, 0.25) is 0 Å². The van der Waals surface area contributed by atoms with Gasteiger partial charge in [-0.05, 0) is 36.8 Å². The number of carbonyl (C=O) groups is 1. The molecule has 7 heteroatoms. The van der Waals surface area contributed by atoms with Crippen molar-refractivity contribution >= 4 is 34.2 Å². The number of nitrogens with one attached hydrogen (secondary N) is 1. The van der Waals surface area contributed by atoms with Crippen molar-refractivity contribution in [3.05, 3.63) is 106 Å². The van der Waals surface area contributed by atoms with E-state index in [1.807, 2.05) is 47.0 Å². The molecule has 1 amide bonds. The number of imidazole rings is 1. The molecular weight excluding hydrogens is 430 g/mol. The number of hydrogen-bond donors (Lipinski definition) is 1. The molecule has 33 heavy (non-hydrogen) atoms. The number of benzene rings is 2. The second kappa shape index (κ2) is 9.34. The number of carbonyl (C=O) groups excluding carboxylic acids is 1. The number of pyridine rings is 1. The van der Waals surface area contributed by atoms with Crippen molar-refractivity contribution < 1.29 is 4.79 Å². The van der Waals surface area contributed by atoms with E-state index in [-0.39, 0.29) is 5.91 Å². The second-order valence-electron chi connectivity index (χ2n) is 7.89. The summed E-state index contributed by atoms with van der Waals surface area (Å²) in [6.45, 7) is 2.72. The maximum atomic E-state index is 13.0. The quantitative estimate of drug-likeness (QED) is 0.364. The third-order valence-corrected chi connectivity index (χ3v) is 6.31. The van der Waals surface area contributed by atoms with Gasteiger partial charge in [-0.15, -0.1) is 11.3 Å². The minimum atomic E-state index is -0.254. The number of anilines is 1. The molecule has 0 saturated heterocycles. The summed E-state index contributed by atoms with van der Waals surface area (Å²) in [5.41, 5.74) is 5.62. The van der Waals surface area contributed by atoms with Gasteiger partial charge in [0.15, 0.2) is 0 Å². The van der Waals surface area contributed by atoms with Gasteiger partial charge in [-0.2, -0.15) is 0 Å². The zero-order valence-electron chi connectivity index (χ0n) is 18.2. The molecule has 0 radical (unpaired) electrons. The van der Waals surface area contributed by atoms with Gasteiger partial charge < -0.3 is 4.57 Å². The topological polar surface area (TPSA) is 72.7 Å². The molecule has 0 fully saturated rings. The van der Waals surface area contributed by atoms with Gasteiger partial charge in [-0.1, -0.05) is 48.0 Å². The Labute approximate surface area is 196 Å². The first kappa shape index (κ1) is 21.0. The smallest absolute Gasteiger partial charge is 0.277 e. The van der Waals surface area contributed by atoms with Gasteiger partial charge in [0.05, 0.1) is 16.0 Å². The van der Waals surface area contributed by atoms with Crippen LogP contribution in [0.5, 0.6) is 0 Å². The van der Waals surface area contributed by atoms with Crippen molar-refractivity contribution in [1.82, 2.24) is 19.5 Å². The molecule has 0 unspecified atom stereocenters. The van der Waals surface area contributed by atoms with E-state index in [2.05, 4.69) is 51.5 Å². The van der Waals surface area contributed by atoms with Crippen LogP contribution in [0.4, 0.5) is 5.95 Å². The molecule has 0 aliphatic heterocycles. The molecule has 5 aromatic rings. The molecule has 164 valence electrons. The van der Waals surface area contributed by atoms with Crippen LogP contribution in [-0.4, -0.2) is 25.4 Å². The van der Waals surface area contributed by atoms with E-state index < -0.39 is 0 Å². The maximum absolute atomic E-state index is 13.0. The van der Waals surface area contributed by atoms with Crippen LogP contribution in [0.25, 0.3) is 11.0 Å². The molecule has 6 nitrogen and oxygen atoms in total. The third kappa shape index (κ3) is 4.83. The number of rotatable bonds is 7. The summed E-state index contributed by atoms with van der Waals surface area (Å²) < 4.78 is 2.03. The minimum absolute atomic E-state index is 0.254. The Kier molecular flexibility index (Phi) is 5.95. The lowest BCUT2D eigenvalue weighted by molar-refractivity contribution is 0.102. The van der Waals surface area contributed by atoms with E-state index in [4.69, 9.17) is 0 Å². The molecule has 0 aliphatic rings. The van der Waals surface area contributed by atoms with Crippen LogP contribution in [0, 0.1) is 6.92 Å². The zero-order valence-corrected chi connectivity index (χ0v) is 19.0. The standard InChI is InChI=1S/C26H23N5OS/c1-18-9-11-19(12-10-18)16-24-28-22(17-33-24)25(32)30-26-29-21-7-2-3-8-23(21)31(26)15-13-20-6-4-5-14-27-20/h2-12,14,17H,13,15-16H2,1H3,(H,29,30,32). The molecular formula is C26H23N5OS. The molecule has 0 aliphatic carbocycles. The molecule has 0 bridgehead atoms. The summed E-state index contributed by atoms with van der Waals surface area (Å²) in [5, 5.41) is 5.69. The number of para-hydroxylation sites is 2. The molecule has 1 N–H and O–H groups in total. The lowest BCUT2D eigenvalue weighted by atomic mass is 10.1. The lowest BCUT2D eigenvalue weighted by Gasteiger charge is -2.09. The fraction of sp³-hybridized carbons (Fsp3) is 0.154. The molecule has 0 saturated carbocycles. The van der Waals surface area contributed by atoms with Gasteiger partial charge in [0.1, 0.15) is 5.69 Å². The highest BCUT2D eigenvalue weighted by Crippen LogP contribution is 2.22. The van der Waals surface area contributed by atoms with E-state index in [1.165, 1.54) is 22.5 Å². The monoisotopic (exact) mass is 453 g/mol. The van der Waals surface area contributed by atoms with Crippen LogP contribution < -0.4 is 5.32 Å². The average molecular weight is 454 g/mol. The Morgan fingerprint density at radius 3 is 2.64 bits per heavy atom. The largest absolute Gasteiger partial charge is 0.310 e. The highest BCUT2D eigenvalue weighted by Gasteiger charge is 2.17. The van der Waals surface area contributed by atoms with Gasteiger partial charge in [-0.25, -0.2) is 9.97 Å². The number of thiazole rings is 1. The average Bonchev–Trinajstić information content (AvgIpc) is 3.44. The molecule has 3 aromatic heterocycles. The van der Waals surface area contributed by atoms with Crippen molar-refractivity contribution in [1.29, 1.82) is 0 Å². The summed E-state index contributed by atoms with van der Waals surface area (Å²) in [5.74, 6) is 0.265. The molecule has 0 atom stereocenters. The van der Waals surface area contributed by atoms with Crippen LogP contribution >= 0.6 is 11.3 Å². The fourth-order valence-electron chi connectivity index (χ4n) is 3.71. The third-order valence-electron chi connectivity index (χ3n) is 5.46. The summed E-state index contributed by atoms with van der Waals surface area (Å²) >= 11 is 1.50. The highest BCUT2D eigenvalue weighted by atomic mass is 32.1. The number of aryl methyl sites for hydroxylation is 3. The van der Waals surface area contributed by atoms with Crippen molar-refractivity contribution in [3.8, 4) is 0 Å². The fourth-order valence-corrected chi connectivity index (χ4v) is 4.52. The molecule has 2 aromatic carbocycles. The Bertz CT molecular complexity index is 1390. The Morgan fingerprint density at radius 1 is 1.00 bits per heavy atom. The van der Waals surface area contributed by atoms with E-state index in [1.54, 1.807) is 11.6 Å². The Balaban J connectivity index is 1.34. The van der Waals surface area contributed by atoms with Crippen molar-refractivity contribution in [3.63, 3.8) is 0 Å². The summed E-state index contributed by atoms with van der Waals surface area (Å²) in [6, 6.07) is 22.1.